The second-order valence-corrected chi connectivity index (χ2v) is 6.69. The number of likely N-dealkylation sites (tertiary alicyclic amines) is 1. The molecule has 0 aromatic heterocycles. The van der Waals surface area contributed by atoms with Gasteiger partial charge in [-0.05, 0) is 43.5 Å². The van der Waals surface area contributed by atoms with Crippen LogP contribution in [0.3, 0.4) is 0 Å². The van der Waals surface area contributed by atoms with Gasteiger partial charge in [0.15, 0.2) is 0 Å². The van der Waals surface area contributed by atoms with E-state index in [2.05, 4.69) is 36.1 Å². The fourth-order valence-electron chi connectivity index (χ4n) is 3.42. The van der Waals surface area contributed by atoms with Gasteiger partial charge in [-0.25, -0.2) is 0 Å². The molecule has 5 nitrogen and oxygen atoms in total. The Morgan fingerprint density at radius 2 is 1.92 bits per heavy atom. The molecule has 1 aromatic rings. The van der Waals surface area contributed by atoms with Crippen LogP contribution in [-0.2, 0) is 9.53 Å². The highest BCUT2D eigenvalue weighted by atomic mass is 16.5. The third-order valence-electron chi connectivity index (χ3n) is 4.89. The smallest absolute Gasteiger partial charge is 0.246 e. The molecule has 0 bridgehead atoms. The van der Waals surface area contributed by atoms with Crippen LogP contribution in [0.1, 0.15) is 25.3 Å². The van der Waals surface area contributed by atoms with Gasteiger partial charge in [0.25, 0.3) is 0 Å². The molecule has 2 unspecified atom stereocenters. The predicted molar refractivity (Wildman–Crippen MR) is 96.9 cm³/mol. The van der Waals surface area contributed by atoms with Gasteiger partial charge in [0, 0.05) is 43.5 Å². The van der Waals surface area contributed by atoms with Crippen molar-refractivity contribution in [1.29, 1.82) is 0 Å². The Morgan fingerprint density at radius 3 is 2.58 bits per heavy atom. The Labute approximate surface area is 144 Å². The van der Waals surface area contributed by atoms with Gasteiger partial charge >= 0.3 is 0 Å². The average Bonchev–Trinajstić information content (AvgIpc) is 2.61. The molecule has 2 saturated heterocycles. The van der Waals surface area contributed by atoms with E-state index >= 15 is 0 Å². The lowest BCUT2D eigenvalue weighted by atomic mass is 9.99. The van der Waals surface area contributed by atoms with Gasteiger partial charge in [0.05, 0.1) is 13.2 Å². The van der Waals surface area contributed by atoms with E-state index in [0.717, 1.165) is 51.3 Å². The SMILES string of the molecule is CC1CC(N)CCN1C(=O)C=Cc1ccc(N2CCOCC2)cc1. The van der Waals surface area contributed by atoms with E-state index < -0.39 is 0 Å². The van der Waals surface area contributed by atoms with Crippen molar-refractivity contribution in [3.8, 4) is 0 Å². The molecule has 2 atom stereocenters. The van der Waals surface area contributed by atoms with E-state index in [1.165, 1.54) is 5.69 Å². The Hall–Kier alpha value is -1.85. The number of morpholine rings is 1. The number of carbonyl (C=O) groups excluding carboxylic acids is 1. The summed E-state index contributed by atoms with van der Waals surface area (Å²) in [6.45, 7) is 6.26. The lowest BCUT2D eigenvalue weighted by molar-refractivity contribution is -0.129. The molecule has 0 aliphatic carbocycles. The van der Waals surface area contributed by atoms with E-state index in [9.17, 15) is 4.79 Å². The number of amides is 1. The number of ether oxygens (including phenoxy) is 1. The zero-order valence-electron chi connectivity index (χ0n) is 14.4. The molecule has 2 aliphatic heterocycles. The van der Waals surface area contributed by atoms with Crippen molar-refractivity contribution in [2.45, 2.75) is 31.8 Å². The standard InChI is InChI=1S/C19H27N3O2/c1-15-14-17(20)8-9-22(15)19(23)7-4-16-2-5-18(6-3-16)21-10-12-24-13-11-21/h2-7,15,17H,8-14,20H2,1H3. The van der Waals surface area contributed by atoms with Crippen molar-refractivity contribution in [1.82, 2.24) is 4.90 Å². The Kier molecular flexibility index (Phi) is 5.53. The van der Waals surface area contributed by atoms with Gasteiger partial charge in [-0.2, -0.15) is 0 Å². The summed E-state index contributed by atoms with van der Waals surface area (Å²) >= 11 is 0. The molecule has 0 saturated carbocycles. The second kappa shape index (κ2) is 7.81. The lowest BCUT2D eigenvalue weighted by Crippen LogP contribution is -2.47. The maximum atomic E-state index is 12.4. The van der Waals surface area contributed by atoms with E-state index in [0.29, 0.717) is 0 Å². The van der Waals surface area contributed by atoms with Crippen LogP contribution in [0, 0.1) is 0 Å². The van der Waals surface area contributed by atoms with Crippen LogP contribution in [0.4, 0.5) is 5.69 Å². The number of benzene rings is 1. The predicted octanol–water partition coefficient (Wildman–Crippen LogP) is 1.87. The highest BCUT2D eigenvalue weighted by Crippen LogP contribution is 2.19. The Morgan fingerprint density at radius 1 is 1.21 bits per heavy atom. The lowest BCUT2D eigenvalue weighted by Gasteiger charge is -2.35. The van der Waals surface area contributed by atoms with Gasteiger partial charge in [-0.1, -0.05) is 12.1 Å². The Bertz CT molecular complexity index is 579. The third-order valence-corrected chi connectivity index (χ3v) is 4.89. The van der Waals surface area contributed by atoms with Crippen LogP contribution >= 0.6 is 0 Å². The van der Waals surface area contributed by atoms with Crippen molar-refractivity contribution in [3.05, 3.63) is 35.9 Å². The first-order valence-electron chi connectivity index (χ1n) is 8.80. The van der Waals surface area contributed by atoms with Crippen LogP contribution in [0.5, 0.6) is 0 Å². The van der Waals surface area contributed by atoms with Gasteiger partial charge in [0.1, 0.15) is 0 Å². The highest BCUT2D eigenvalue weighted by molar-refractivity contribution is 5.92. The molecule has 24 heavy (non-hydrogen) atoms. The quantitative estimate of drug-likeness (QED) is 0.860. The molecule has 3 rings (SSSR count). The molecule has 2 heterocycles. The number of carbonyl (C=O) groups is 1. The molecule has 1 amide bonds. The maximum Gasteiger partial charge on any atom is 0.246 e. The van der Waals surface area contributed by atoms with E-state index in [1.54, 1.807) is 6.08 Å². The molecule has 2 fully saturated rings. The molecule has 0 radical (unpaired) electrons. The van der Waals surface area contributed by atoms with Crippen LogP contribution in [0.15, 0.2) is 30.3 Å². The van der Waals surface area contributed by atoms with Crippen molar-refractivity contribution >= 4 is 17.7 Å². The van der Waals surface area contributed by atoms with Crippen LogP contribution in [-0.4, -0.2) is 55.7 Å². The highest BCUT2D eigenvalue weighted by Gasteiger charge is 2.25. The topological polar surface area (TPSA) is 58.8 Å². The Balaban J connectivity index is 1.58. The summed E-state index contributed by atoms with van der Waals surface area (Å²) in [4.78, 5) is 16.6. The number of anilines is 1. The number of nitrogens with zero attached hydrogens (tertiary/aromatic N) is 2. The zero-order chi connectivity index (χ0) is 16.9. The van der Waals surface area contributed by atoms with Gasteiger partial charge in [-0.3, -0.25) is 4.79 Å². The van der Waals surface area contributed by atoms with Crippen LogP contribution in [0.2, 0.25) is 0 Å². The normalized spacial score (nSPS) is 25.2. The van der Waals surface area contributed by atoms with E-state index in [-0.39, 0.29) is 18.0 Å². The maximum absolute atomic E-state index is 12.4. The number of rotatable bonds is 3. The number of nitrogens with two attached hydrogens (primary N) is 1. The van der Waals surface area contributed by atoms with Crippen molar-refractivity contribution < 1.29 is 9.53 Å². The first-order valence-corrected chi connectivity index (χ1v) is 8.80. The first kappa shape index (κ1) is 17.0. The average molecular weight is 329 g/mol. The minimum absolute atomic E-state index is 0.0756. The van der Waals surface area contributed by atoms with Crippen molar-refractivity contribution in [2.75, 3.05) is 37.7 Å². The summed E-state index contributed by atoms with van der Waals surface area (Å²) in [5.74, 6) is 0.0756. The second-order valence-electron chi connectivity index (χ2n) is 6.69. The molecule has 130 valence electrons. The van der Waals surface area contributed by atoms with Gasteiger partial charge in [-0.15, -0.1) is 0 Å². The zero-order valence-corrected chi connectivity index (χ0v) is 14.4. The molecule has 5 heteroatoms. The van der Waals surface area contributed by atoms with Crippen molar-refractivity contribution in [2.24, 2.45) is 5.73 Å². The largest absolute Gasteiger partial charge is 0.378 e. The molecule has 0 spiro atoms. The fourth-order valence-corrected chi connectivity index (χ4v) is 3.42. The van der Waals surface area contributed by atoms with Crippen LogP contribution in [0.25, 0.3) is 6.08 Å². The number of piperidine rings is 1. The van der Waals surface area contributed by atoms with Crippen LogP contribution < -0.4 is 10.6 Å². The third kappa shape index (κ3) is 4.16. The summed E-state index contributed by atoms with van der Waals surface area (Å²) in [5, 5.41) is 0. The van der Waals surface area contributed by atoms with Gasteiger partial charge < -0.3 is 20.3 Å². The minimum Gasteiger partial charge on any atom is -0.378 e. The monoisotopic (exact) mass is 329 g/mol. The van der Waals surface area contributed by atoms with E-state index in [4.69, 9.17) is 10.5 Å². The summed E-state index contributed by atoms with van der Waals surface area (Å²) in [5.41, 5.74) is 8.21. The van der Waals surface area contributed by atoms with E-state index in [1.807, 2.05) is 11.0 Å². The fraction of sp³-hybridized carbons (Fsp3) is 0.526. The van der Waals surface area contributed by atoms with Gasteiger partial charge in [0.2, 0.25) is 5.91 Å². The molecule has 1 aromatic carbocycles. The minimum atomic E-state index is 0.0756. The molecule has 2 N–H and O–H groups in total. The first-order chi connectivity index (χ1) is 11.6. The molecular weight excluding hydrogens is 302 g/mol. The molecule has 2 aliphatic rings. The number of hydrogen-bond acceptors (Lipinski definition) is 4. The summed E-state index contributed by atoms with van der Waals surface area (Å²) in [6, 6.07) is 8.78. The summed E-state index contributed by atoms with van der Waals surface area (Å²) in [7, 11) is 0. The summed E-state index contributed by atoms with van der Waals surface area (Å²) < 4.78 is 5.38. The van der Waals surface area contributed by atoms with Crippen molar-refractivity contribution in [3.63, 3.8) is 0 Å². The number of hydrogen-bond donors (Lipinski definition) is 1. The summed E-state index contributed by atoms with van der Waals surface area (Å²) in [6.07, 6.45) is 5.34. The molecular formula is C19H27N3O2.